The van der Waals surface area contributed by atoms with E-state index in [1.54, 1.807) is 11.9 Å². The predicted molar refractivity (Wildman–Crippen MR) is 81.4 cm³/mol. The van der Waals surface area contributed by atoms with Crippen LogP contribution in [-0.4, -0.2) is 43.2 Å². The molecule has 0 bridgehead atoms. The second-order valence-electron chi connectivity index (χ2n) is 5.63. The molecule has 5 heteroatoms. The number of hydrogen-bond donors (Lipinski definition) is 1. The second kappa shape index (κ2) is 6.80. The van der Waals surface area contributed by atoms with Crippen LogP contribution in [0.3, 0.4) is 0 Å². The minimum absolute atomic E-state index is 0.0493. The number of carbonyl (C=O) groups is 1. The smallest absolute Gasteiger partial charge is 0.239 e. The van der Waals surface area contributed by atoms with E-state index in [2.05, 4.69) is 0 Å². The van der Waals surface area contributed by atoms with E-state index < -0.39 is 6.04 Å². The van der Waals surface area contributed by atoms with Gasteiger partial charge >= 0.3 is 0 Å². The van der Waals surface area contributed by atoms with E-state index in [4.69, 9.17) is 15.2 Å². The van der Waals surface area contributed by atoms with Crippen molar-refractivity contribution in [3.8, 4) is 11.5 Å². The maximum atomic E-state index is 12.3. The van der Waals surface area contributed by atoms with Crippen molar-refractivity contribution in [2.75, 3.05) is 20.2 Å². The molecule has 0 radical (unpaired) electrons. The first kappa shape index (κ1) is 15.6. The van der Waals surface area contributed by atoms with Gasteiger partial charge in [-0.15, -0.1) is 0 Å². The SMILES string of the molecule is CC[C@H](C)[C@H](N)C(=O)N(C)CC1COc2ccccc2O1. The molecule has 21 heavy (non-hydrogen) atoms. The van der Waals surface area contributed by atoms with Crippen molar-refractivity contribution in [1.82, 2.24) is 4.90 Å². The predicted octanol–water partition coefficient (Wildman–Crippen LogP) is 1.66. The van der Waals surface area contributed by atoms with Crippen LogP contribution >= 0.6 is 0 Å². The number of amides is 1. The molecule has 1 aromatic rings. The monoisotopic (exact) mass is 292 g/mol. The molecule has 0 fully saturated rings. The Balaban J connectivity index is 1.92. The Hall–Kier alpha value is -1.75. The molecule has 1 heterocycles. The lowest BCUT2D eigenvalue weighted by atomic mass is 9.99. The number of para-hydroxylation sites is 2. The van der Waals surface area contributed by atoms with Crippen molar-refractivity contribution in [3.63, 3.8) is 0 Å². The molecular formula is C16H24N2O3. The molecular weight excluding hydrogens is 268 g/mol. The van der Waals surface area contributed by atoms with Crippen LogP contribution in [0.5, 0.6) is 11.5 Å². The molecule has 0 saturated heterocycles. The van der Waals surface area contributed by atoms with Crippen molar-refractivity contribution in [2.45, 2.75) is 32.4 Å². The van der Waals surface area contributed by atoms with Gasteiger partial charge in [0, 0.05) is 7.05 Å². The summed E-state index contributed by atoms with van der Waals surface area (Å²) >= 11 is 0. The van der Waals surface area contributed by atoms with E-state index in [0.717, 1.165) is 17.9 Å². The summed E-state index contributed by atoms with van der Waals surface area (Å²) in [6.45, 7) is 4.93. The highest BCUT2D eigenvalue weighted by Crippen LogP contribution is 2.30. The van der Waals surface area contributed by atoms with E-state index in [9.17, 15) is 4.79 Å². The molecule has 0 aromatic heterocycles. The van der Waals surface area contributed by atoms with Gasteiger partial charge in [0.05, 0.1) is 12.6 Å². The normalized spacial score (nSPS) is 19.7. The Morgan fingerprint density at radius 3 is 2.76 bits per heavy atom. The third kappa shape index (κ3) is 3.67. The number of ether oxygens (including phenoxy) is 2. The van der Waals surface area contributed by atoms with E-state index in [1.807, 2.05) is 38.1 Å². The Kier molecular flexibility index (Phi) is 5.07. The van der Waals surface area contributed by atoms with Gasteiger partial charge in [0.1, 0.15) is 6.61 Å². The van der Waals surface area contributed by atoms with Crippen LogP contribution in [0.25, 0.3) is 0 Å². The van der Waals surface area contributed by atoms with Gasteiger partial charge in [0.25, 0.3) is 0 Å². The molecule has 1 unspecified atom stereocenters. The highest BCUT2D eigenvalue weighted by molar-refractivity contribution is 5.81. The first-order valence-corrected chi connectivity index (χ1v) is 7.42. The van der Waals surface area contributed by atoms with Crippen molar-refractivity contribution >= 4 is 5.91 Å². The van der Waals surface area contributed by atoms with Crippen LogP contribution in [-0.2, 0) is 4.79 Å². The average Bonchev–Trinajstić information content (AvgIpc) is 2.52. The Morgan fingerprint density at radius 1 is 1.43 bits per heavy atom. The zero-order chi connectivity index (χ0) is 15.4. The lowest BCUT2D eigenvalue weighted by molar-refractivity contribution is -0.133. The van der Waals surface area contributed by atoms with Gasteiger partial charge in [-0.25, -0.2) is 0 Å². The minimum atomic E-state index is -0.461. The topological polar surface area (TPSA) is 64.8 Å². The quantitative estimate of drug-likeness (QED) is 0.896. The molecule has 1 amide bonds. The summed E-state index contributed by atoms with van der Waals surface area (Å²) < 4.78 is 11.5. The van der Waals surface area contributed by atoms with E-state index in [0.29, 0.717) is 13.2 Å². The van der Waals surface area contributed by atoms with Crippen molar-refractivity contribution in [1.29, 1.82) is 0 Å². The van der Waals surface area contributed by atoms with Crippen LogP contribution in [0.4, 0.5) is 0 Å². The van der Waals surface area contributed by atoms with Crippen LogP contribution in [0.15, 0.2) is 24.3 Å². The summed E-state index contributed by atoms with van der Waals surface area (Å²) in [4.78, 5) is 13.9. The Labute approximate surface area is 126 Å². The summed E-state index contributed by atoms with van der Waals surface area (Å²) in [5.41, 5.74) is 5.99. The summed E-state index contributed by atoms with van der Waals surface area (Å²) in [7, 11) is 1.76. The number of carbonyl (C=O) groups excluding carboxylic acids is 1. The average molecular weight is 292 g/mol. The maximum absolute atomic E-state index is 12.3. The zero-order valence-electron chi connectivity index (χ0n) is 12.9. The first-order valence-electron chi connectivity index (χ1n) is 7.42. The van der Waals surface area contributed by atoms with Crippen molar-refractivity contribution in [3.05, 3.63) is 24.3 Å². The molecule has 2 rings (SSSR count). The molecule has 1 aromatic carbocycles. The second-order valence-corrected chi connectivity index (χ2v) is 5.63. The molecule has 5 nitrogen and oxygen atoms in total. The van der Waals surface area contributed by atoms with Crippen molar-refractivity contribution in [2.24, 2.45) is 11.7 Å². The lowest BCUT2D eigenvalue weighted by Gasteiger charge is -2.31. The lowest BCUT2D eigenvalue weighted by Crippen LogP contribution is -2.49. The number of nitrogens with zero attached hydrogens (tertiary/aromatic N) is 1. The number of fused-ring (bicyclic) bond motifs is 1. The molecule has 2 N–H and O–H groups in total. The van der Waals surface area contributed by atoms with Crippen LogP contribution in [0.2, 0.25) is 0 Å². The van der Waals surface area contributed by atoms with Gasteiger partial charge in [0.2, 0.25) is 5.91 Å². The highest BCUT2D eigenvalue weighted by Gasteiger charge is 2.27. The molecule has 0 aliphatic carbocycles. The number of likely N-dealkylation sites (N-methyl/N-ethyl adjacent to an activating group) is 1. The zero-order valence-corrected chi connectivity index (χ0v) is 12.9. The standard InChI is InChI=1S/C16H24N2O3/c1-4-11(2)15(17)16(19)18(3)9-12-10-20-13-7-5-6-8-14(13)21-12/h5-8,11-12,15H,4,9-10,17H2,1-3H3/t11-,12?,15-/m0/s1. The van der Waals surface area contributed by atoms with Gasteiger partial charge in [0.15, 0.2) is 17.6 Å². The third-order valence-electron chi connectivity index (χ3n) is 3.96. The number of rotatable bonds is 5. The van der Waals surface area contributed by atoms with Crippen LogP contribution in [0, 0.1) is 5.92 Å². The van der Waals surface area contributed by atoms with Gasteiger partial charge < -0.3 is 20.1 Å². The summed E-state index contributed by atoms with van der Waals surface area (Å²) in [6.07, 6.45) is 0.718. The number of benzene rings is 1. The fourth-order valence-corrected chi connectivity index (χ4v) is 2.30. The maximum Gasteiger partial charge on any atom is 0.239 e. The third-order valence-corrected chi connectivity index (χ3v) is 3.96. The summed E-state index contributed by atoms with van der Waals surface area (Å²) in [5, 5.41) is 0. The molecule has 3 atom stereocenters. The highest BCUT2D eigenvalue weighted by atomic mass is 16.6. The van der Waals surface area contributed by atoms with Crippen LogP contribution in [0.1, 0.15) is 20.3 Å². The first-order chi connectivity index (χ1) is 10.0. The number of hydrogen-bond acceptors (Lipinski definition) is 4. The van der Waals surface area contributed by atoms with Gasteiger partial charge in [-0.2, -0.15) is 0 Å². The summed E-state index contributed by atoms with van der Waals surface area (Å²) in [5.74, 6) is 1.59. The van der Waals surface area contributed by atoms with Crippen LogP contribution < -0.4 is 15.2 Å². The number of nitrogens with two attached hydrogens (primary N) is 1. The molecule has 1 aliphatic heterocycles. The fraction of sp³-hybridized carbons (Fsp3) is 0.562. The molecule has 116 valence electrons. The van der Waals surface area contributed by atoms with Gasteiger partial charge in [-0.3, -0.25) is 4.79 Å². The Bertz CT molecular complexity index is 492. The van der Waals surface area contributed by atoms with Crippen molar-refractivity contribution < 1.29 is 14.3 Å². The fourth-order valence-electron chi connectivity index (χ4n) is 2.30. The van der Waals surface area contributed by atoms with E-state index in [-0.39, 0.29) is 17.9 Å². The van der Waals surface area contributed by atoms with Gasteiger partial charge in [-0.05, 0) is 18.1 Å². The Morgan fingerprint density at radius 2 is 2.10 bits per heavy atom. The van der Waals surface area contributed by atoms with E-state index in [1.165, 1.54) is 0 Å². The van der Waals surface area contributed by atoms with Gasteiger partial charge in [-0.1, -0.05) is 32.4 Å². The summed E-state index contributed by atoms with van der Waals surface area (Å²) in [6, 6.07) is 7.09. The molecule has 1 aliphatic rings. The minimum Gasteiger partial charge on any atom is -0.486 e. The largest absolute Gasteiger partial charge is 0.486 e. The molecule has 0 spiro atoms. The van der Waals surface area contributed by atoms with E-state index >= 15 is 0 Å². The molecule has 0 saturated carbocycles.